The molecule has 0 spiro atoms. The second kappa shape index (κ2) is 3.40. The Morgan fingerprint density at radius 3 is 3.08 bits per heavy atom. The fourth-order valence-electron chi connectivity index (χ4n) is 1.60. The number of nitriles is 1. The predicted octanol–water partition coefficient (Wildman–Crippen LogP) is 2.39. The molecule has 0 aliphatic heterocycles. The van der Waals surface area contributed by atoms with Crippen molar-refractivity contribution in [2.24, 2.45) is 0 Å². The third-order valence-corrected chi connectivity index (χ3v) is 2.28. The van der Waals surface area contributed by atoms with Gasteiger partial charge in [-0.15, -0.1) is 0 Å². The van der Waals surface area contributed by atoms with Crippen LogP contribution in [0.15, 0.2) is 30.4 Å². The minimum Gasteiger partial charge on any atom is -0.242 e. The summed E-state index contributed by atoms with van der Waals surface area (Å²) in [5.74, 6) is 0.424. The van der Waals surface area contributed by atoms with Gasteiger partial charge in [-0.05, 0) is 25.0 Å². The summed E-state index contributed by atoms with van der Waals surface area (Å²) in [5, 5.41) is 8.67. The minimum atomic E-state index is 0.424. The van der Waals surface area contributed by atoms with Crippen LogP contribution in [-0.2, 0) is 0 Å². The Bertz CT molecular complexity index is 374. The zero-order chi connectivity index (χ0) is 9.10. The molecule has 0 saturated heterocycles. The molecular weight excluding hydrogens is 160 g/mol. The van der Waals surface area contributed by atoms with Crippen molar-refractivity contribution in [3.05, 3.63) is 41.7 Å². The number of nitrogens with zero attached hydrogens (tertiary/aromatic N) is 2. The largest absolute Gasteiger partial charge is 0.242 e. The molecule has 0 radical (unpaired) electrons. The summed E-state index contributed by atoms with van der Waals surface area (Å²) in [6.45, 7) is 0. The van der Waals surface area contributed by atoms with E-state index in [0.717, 1.165) is 18.5 Å². The highest BCUT2D eigenvalue weighted by Gasteiger charge is 2.12. The second-order valence-corrected chi connectivity index (χ2v) is 3.17. The predicted molar refractivity (Wildman–Crippen MR) is 50.1 cm³/mol. The molecule has 13 heavy (non-hydrogen) atoms. The maximum absolute atomic E-state index is 8.67. The molecule has 0 N–H and O–H groups in total. The molecule has 1 aliphatic rings. The van der Waals surface area contributed by atoms with Crippen LogP contribution < -0.4 is 0 Å². The molecule has 64 valence electrons. The highest BCUT2D eigenvalue weighted by Crippen LogP contribution is 2.26. The molecule has 1 atom stereocenters. The summed E-state index contributed by atoms with van der Waals surface area (Å²) in [4.78, 5) is 4.26. The first-order valence-electron chi connectivity index (χ1n) is 4.44. The van der Waals surface area contributed by atoms with Gasteiger partial charge in [-0.1, -0.05) is 18.2 Å². The molecule has 1 aromatic heterocycles. The highest BCUT2D eigenvalue weighted by atomic mass is 14.7. The van der Waals surface area contributed by atoms with Crippen LogP contribution in [-0.4, -0.2) is 4.98 Å². The lowest BCUT2D eigenvalue weighted by molar-refractivity contribution is 0.771. The molecule has 1 heterocycles. The van der Waals surface area contributed by atoms with E-state index in [-0.39, 0.29) is 0 Å². The van der Waals surface area contributed by atoms with E-state index < -0.39 is 0 Å². The van der Waals surface area contributed by atoms with Crippen LogP contribution in [0.5, 0.6) is 0 Å². The number of hydrogen-bond donors (Lipinski definition) is 0. The number of pyridine rings is 1. The van der Waals surface area contributed by atoms with Gasteiger partial charge < -0.3 is 0 Å². The van der Waals surface area contributed by atoms with E-state index in [0.29, 0.717) is 11.6 Å². The first kappa shape index (κ1) is 8.00. The first-order chi connectivity index (χ1) is 6.40. The van der Waals surface area contributed by atoms with Crippen molar-refractivity contribution < 1.29 is 0 Å². The summed E-state index contributed by atoms with van der Waals surface area (Å²) in [6, 6.07) is 7.68. The number of allylic oxidation sites excluding steroid dienone is 2. The lowest BCUT2D eigenvalue weighted by Crippen LogP contribution is -1.96. The van der Waals surface area contributed by atoms with Gasteiger partial charge in [0.2, 0.25) is 0 Å². The summed E-state index contributed by atoms with van der Waals surface area (Å²) >= 11 is 0. The molecule has 0 amide bonds. The zero-order valence-corrected chi connectivity index (χ0v) is 7.27. The van der Waals surface area contributed by atoms with E-state index in [2.05, 4.69) is 23.2 Å². The lowest BCUT2D eigenvalue weighted by atomic mass is 10.0. The lowest BCUT2D eigenvalue weighted by Gasteiger charge is -2.05. The fraction of sp³-hybridized carbons (Fsp3) is 0.273. The Morgan fingerprint density at radius 2 is 2.38 bits per heavy atom. The molecule has 0 aromatic carbocycles. The molecule has 0 fully saturated rings. The van der Waals surface area contributed by atoms with Crippen LogP contribution in [0, 0.1) is 11.3 Å². The van der Waals surface area contributed by atoms with Gasteiger partial charge in [0.05, 0.1) is 0 Å². The molecule has 1 aromatic rings. The average molecular weight is 170 g/mol. The molecule has 0 bridgehead atoms. The monoisotopic (exact) mass is 170 g/mol. The van der Waals surface area contributed by atoms with Crippen molar-refractivity contribution >= 4 is 0 Å². The smallest absolute Gasteiger partial charge is 0.140 e. The van der Waals surface area contributed by atoms with Crippen molar-refractivity contribution in [1.29, 1.82) is 5.26 Å². The quantitative estimate of drug-likeness (QED) is 0.607. The van der Waals surface area contributed by atoms with Gasteiger partial charge in [0.1, 0.15) is 11.8 Å². The number of hydrogen-bond acceptors (Lipinski definition) is 2. The van der Waals surface area contributed by atoms with Gasteiger partial charge in [-0.25, -0.2) is 4.98 Å². The van der Waals surface area contributed by atoms with Gasteiger partial charge in [0.25, 0.3) is 0 Å². The van der Waals surface area contributed by atoms with Crippen LogP contribution in [0.4, 0.5) is 0 Å². The van der Waals surface area contributed by atoms with Gasteiger partial charge in [0.15, 0.2) is 0 Å². The molecule has 1 aliphatic carbocycles. The summed E-state index contributed by atoms with van der Waals surface area (Å²) in [5.41, 5.74) is 1.53. The number of aromatic nitrogens is 1. The zero-order valence-electron chi connectivity index (χ0n) is 7.27. The topological polar surface area (TPSA) is 36.7 Å². The van der Waals surface area contributed by atoms with Gasteiger partial charge >= 0.3 is 0 Å². The molecule has 2 rings (SSSR count). The van der Waals surface area contributed by atoms with Crippen molar-refractivity contribution in [3.8, 4) is 6.07 Å². The minimum absolute atomic E-state index is 0.424. The maximum atomic E-state index is 8.67. The fourth-order valence-corrected chi connectivity index (χ4v) is 1.60. The summed E-state index contributed by atoms with van der Waals surface area (Å²) in [6.07, 6.45) is 6.60. The van der Waals surface area contributed by atoms with Gasteiger partial charge in [-0.3, -0.25) is 0 Å². The van der Waals surface area contributed by atoms with E-state index in [4.69, 9.17) is 5.26 Å². The highest BCUT2D eigenvalue weighted by molar-refractivity contribution is 5.26. The maximum Gasteiger partial charge on any atom is 0.140 e. The molecule has 2 nitrogen and oxygen atoms in total. The standard InChI is InChI=1S/C11H10N2/c12-8-10-6-3-7-11(13-10)9-4-1-2-5-9/h1,3-4,6-7,9H,2,5H2. The van der Waals surface area contributed by atoms with Crippen LogP contribution in [0.1, 0.15) is 30.1 Å². The Labute approximate surface area is 77.5 Å². The normalized spacial score (nSPS) is 20.1. The van der Waals surface area contributed by atoms with Crippen molar-refractivity contribution in [2.45, 2.75) is 18.8 Å². The van der Waals surface area contributed by atoms with E-state index >= 15 is 0 Å². The summed E-state index contributed by atoms with van der Waals surface area (Å²) in [7, 11) is 0. The number of rotatable bonds is 1. The van der Waals surface area contributed by atoms with Crippen LogP contribution >= 0.6 is 0 Å². The Hall–Kier alpha value is -1.62. The third kappa shape index (κ3) is 1.59. The van der Waals surface area contributed by atoms with Crippen molar-refractivity contribution in [2.75, 3.05) is 0 Å². The SMILES string of the molecule is N#Cc1cccc(C2C=CCC2)n1. The second-order valence-electron chi connectivity index (χ2n) is 3.17. The Balaban J connectivity index is 2.30. The molecule has 1 unspecified atom stereocenters. The first-order valence-corrected chi connectivity index (χ1v) is 4.44. The van der Waals surface area contributed by atoms with Gasteiger partial charge in [-0.2, -0.15) is 5.26 Å². The summed E-state index contributed by atoms with van der Waals surface area (Å²) < 4.78 is 0. The molecule has 2 heteroatoms. The van der Waals surface area contributed by atoms with E-state index in [1.165, 1.54) is 0 Å². The van der Waals surface area contributed by atoms with E-state index in [1.807, 2.05) is 12.1 Å². The third-order valence-electron chi connectivity index (χ3n) is 2.28. The van der Waals surface area contributed by atoms with E-state index in [9.17, 15) is 0 Å². The van der Waals surface area contributed by atoms with Crippen LogP contribution in [0.3, 0.4) is 0 Å². The Morgan fingerprint density at radius 1 is 1.46 bits per heavy atom. The molecule has 0 saturated carbocycles. The van der Waals surface area contributed by atoms with Crippen molar-refractivity contribution in [3.63, 3.8) is 0 Å². The average Bonchev–Trinajstić information content (AvgIpc) is 2.71. The van der Waals surface area contributed by atoms with E-state index in [1.54, 1.807) is 6.07 Å². The van der Waals surface area contributed by atoms with Gasteiger partial charge in [0, 0.05) is 11.6 Å². The van der Waals surface area contributed by atoms with Crippen LogP contribution in [0.25, 0.3) is 0 Å². The molecular formula is C11H10N2. The van der Waals surface area contributed by atoms with Crippen molar-refractivity contribution in [1.82, 2.24) is 4.98 Å². The van der Waals surface area contributed by atoms with Crippen LogP contribution in [0.2, 0.25) is 0 Å². The Kier molecular flexibility index (Phi) is 2.09.